The SMILES string of the molecule is N#Cc1cn(C2CCc3ccccc3C2Nc2ncnc3[nH]c(C(F)(F)F)cc23)cn1. The van der Waals surface area contributed by atoms with Crippen LogP contribution in [-0.4, -0.2) is 24.5 Å². The van der Waals surface area contributed by atoms with Crippen molar-refractivity contribution in [1.29, 1.82) is 5.26 Å². The number of H-pyrrole nitrogens is 1. The van der Waals surface area contributed by atoms with Crippen LogP contribution in [0, 0.1) is 11.3 Å². The number of rotatable bonds is 3. The van der Waals surface area contributed by atoms with Crippen molar-refractivity contribution in [3.63, 3.8) is 0 Å². The fraction of sp³-hybridized carbons (Fsp3) is 0.238. The molecule has 0 amide bonds. The van der Waals surface area contributed by atoms with E-state index in [1.165, 1.54) is 6.33 Å². The van der Waals surface area contributed by atoms with Crippen LogP contribution in [0.3, 0.4) is 0 Å². The van der Waals surface area contributed by atoms with Gasteiger partial charge in [0.05, 0.1) is 23.8 Å². The highest BCUT2D eigenvalue weighted by Crippen LogP contribution is 2.41. The molecule has 3 heterocycles. The van der Waals surface area contributed by atoms with Gasteiger partial charge in [-0.05, 0) is 30.0 Å². The summed E-state index contributed by atoms with van der Waals surface area (Å²) in [6.07, 6.45) is 1.62. The summed E-state index contributed by atoms with van der Waals surface area (Å²) in [6.45, 7) is 0. The Labute approximate surface area is 174 Å². The Morgan fingerprint density at radius 2 is 2.03 bits per heavy atom. The van der Waals surface area contributed by atoms with Crippen molar-refractivity contribution in [2.45, 2.75) is 31.1 Å². The Hall–Kier alpha value is -3.87. The van der Waals surface area contributed by atoms with Crippen LogP contribution in [0.5, 0.6) is 0 Å². The molecule has 3 aromatic heterocycles. The van der Waals surface area contributed by atoms with E-state index in [0.717, 1.165) is 30.0 Å². The molecule has 0 aliphatic heterocycles. The van der Waals surface area contributed by atoms with Crippen molar-refractivity contribution >= 4 is 16.9 Å². The quantitative estimate of drug-likeness (QED) is 0.510. The molecule has 5 rings (SSSR count). The largest absolute Gasteiger partial charge is 0.431 e. The number of alkyl halides is 3. The molecule has 2 atom stereocenters. The van der Waals surface area contributed by atoms with Crippen LogP contribution in [0.15, 0.2) is 49.2 Å². The minimum absolute atomic E-state index is 0.101. The minimum atomic E-state index is -4.51. The predicted molar refractivity (Wildman–Crippen MR) is 106 cm³/mol. The lowest BCUT2D eigenvalue weighted by Crippen LogP contribution is -2.29. The number of hydrogen-bond acceptors (Lipinski definition) is 5. The van der Waals surface area contributed by atoms with Crippen LogP contribution in [0.2, 0.25) is 0 Å². The molecule has 1 aliphatic rings. The summed E-state index contributed by atoms with van der Waals surface area (Å²) >= 11 is 0. The highest BCUT2D eigenvalue weighted by atomic mass is 19.4. The highest BCUT2D eigenvalue weighted by Gasteiger charge is 2.35. The van der Waals surface area contributed by atoms with E-state index in [0.29, 0.717) is 11.5 Å². The fourth-order valence-corrected chi connectivity index (χ4v) is 4.17. The summed E-state index contributed by atoms with van der Waals surface area (Å²) in [5, 5.41) is 12.8. The van der Waals surface area contributed by atoms with Crippen molar-refractivity contribution < 1.29 is 13.2 Å². The molecule has 156 valence electrons. The van der Waals surface area contributed by atoms with E-state index in [9.17, 15) is 13.2 Å². The monoisotopic (exact) mass is 423 g/mol. The van der Waals surface area contributed by atoms with Gasteiger partial charge in [0, 0.05) is 6.20 Å². The molecule has 2 unspecified atom stereocenters. The Kier molecular flexibility index (Phi) is 4.39. The molecular formula is C21H16F3N7. The molecule has 0 saturated carbocycles. The first-order valence-electron chi connectivity index (χ1n) is 9.63. The van der Waals surface area contributed by atoms with E-state index in [1.54, 1.807) is 12.5 Å². The molecule has 1 aliphatic carbocycles. The summed E-state index contributed by atoms with van der Waals surface area (Å²) < 4.78 is 41.5. The lowest BCUT2D eigenvalue weighted by atomic mass is 9.84. The number of benzene rings is 1. The number of nitriles is 1. The Bertz CT molecular complexity index is 1300. The zero-order valence-electron chi connectivity index (χ0n) is 16.1. The molecule has 0 radical (unpaired) electrons. The smallest absolute Gasteiger partial charge is 0.360 e. The van der Waals surface area contributed by atoms with Crippen molar-refractivity contribution in [3.05, 3.63) is 71.7 Å². The second-order valence-corrected chi connectivity index (χ2v) is 7.41. The summed E-state index contributed by atoms with van der Waals surface area (Å²) in [5.74, 6) is 0.309. The second kappa shape index (κ2) is 7.12. The molecule has 0 spiro atoms. The lowest BCUT2D eigenvalue weighted by molar-refractivity contribution is -0.140. The molecule has 0 bridgehead atoms. The van der Waals surface area contributed by atoms with E-state index in [-0.39, 0.29) is 23.1 Å². The van der Waals surface area contributed by atoms with Crippen LogP contribution in [0.25, 0.3) is 11.0 Å². The van der Waals surface area contributed by atoms with E-state index >= 15 is 0 Å². The van der Waals surface area contributed by atoms with Crippen LogP contribution >= 0.6 is 0 Å². The summed E-state index contributed by atoms with van der Waals surface area (Å²) in [6, 6.07) is 10.6. The van der Waals surface area contributed by atoms with Gasteiger partial charge in [-0.2, -0.15) is 18.4 Å². The number of aromatic amines is 1. The minimum Gasteiger partial charge on any atom is -0.360 e. The first-order chi connectivity index (χ1) is 14.9. The zero-order chi connectivity index (χ0) is 21.6. The van der Waals surface area contributed by atoms with Gasteiger partial charge in [0.25, 0.3) is 0 Å². The second-order valence-electron chi connectivity index (χ2n) is 7.41. The van der Waals surface area contributed by atoms with E-state index < -0.39 is 11.9 Å². The average molecular weight is 423 g/mol. The van der Waals surface area contributed by atoms with Gasteiger partial charge in [-0.3, -0.25) is 0 Å². The molecule has 0 fully saturated rings. The van der Waals surface area contributed by atoms with Crippen LogP contribution < -0.4 is 5.32 Å². The average Bonchev–Trinajstić information content (AvgIpc) is 3.41. The maximum Gasteiger partial charge on any atom is 0.431 e. The highest BCUT2D eigenvalue weighted by molar-refractivity contribution is 5.88. The molecule has 0 saturated heterocycles. The number of halogens is 3. The van der Waals surface area contributed by atoms with E-state index in [1.807, 2.05) is 34.9 Å². The number of nitrogens with one attached hydrogen (secondary N) is 2. The number of aryl methyl sites for hydroxylation is 1. The van der Waals surface area contributed by atoms with Gasteiger partial charge in [-0.1, -0.05) is 24.3 Å². The van der Waals surface area contributed by atoms with Crippen molar-refractivity contribution in [3.8, 4) is 6.07 Å². The lowest BCUT2D eigenvalue weighted by Gasteiger charge is -2.35. The molecule has 10 heteroatoms. The van der Waals surface area contributed by atoms with Crippen molar-refractivity contribution in [2.75, 3.05) is 5.32 Å². The Balaban J connectivity index is 1.59. The normalized spacial score (nSPS) is 18.5. The molecule has 4 aromatic rings. The van der Waals surface area contributed by atoms with Gasteiger partial charge in [0.2, 0.25) is 0 Å². The standard InChI is InChI=1S/C21H16F3N7/c22-21(23,24)17-7-15-19(29-17)26-10-27-20(15)30-18-14-4-2-1-3-12(14)5-6-16(18)31-9-13(8-25)28-11-31/h1-4,7,9-11,16,18H,5-6H2,(H2,26,27,29,30). The van der Waals surface area contributed by atoms with Crippen LogP contribution in [0.4, 0.5) is 19.0 Å². The molecular weight excluding hydrogens is 407 g/mol. The van der Waals surface area contributed by atoms with Gasteiger partial charge < -0.3 is 14.9 Å². The fourth-order valence-electron chi connectivity index (χ4n) is 4.17. The number of aromatic nitrogens is 5. The summed E-state index contributed by atoms with van der Waals surface area (Å²) in [5.41, 5.74) is 1.73. The van der Waals surface area contributed by atoms with Gasteiger partial charge in [-0.25, -0.2) is 15.0 Å². The first-order valence-corrected chi connectivity index (χ1v) is 9.63. The van der Waals surface area contributed by atoms with Gasteiger partial charge >= 0.3 is 6.18 Å². The molecule has 7 nitrogen and oxygen atoms in total. The van der Waals surface area contributed by atoms with Gasteiger partial charge in [-0.15, -0.1) is 0 Å². The number of nitrogens with zero attached hydrogens (tertiary/aromatic N) is 5. The van der Waals surface area contributed by atoms with Gasteiger partial charge in [0.15, 0.2) is 5.69 Å². The molecule has 2 N–H and O–H groups in total. The van der Waals surface area contributed by atoms with Crippen molar-refractivity contribution in [2.24, 2.45) is 0 Å². The third kappa shape index (κ3) is 3.38. The van der Waals surface area contributed by atoms with E-state index in [2.05, 4.69) is 25.3 Å². The number of hydrogen-bond donors (Lipinski definition) is 2. The summed E-state index contributed by atoms with van der Waals surface area (Å²) in [7, 11) is 0. The topological polar surface area (TPSA) is 95.2 Å². The molecule has 1 aromatic carbocycles. The van der Waals surface area contributed by atoms with Crippen molar-refractivity contribution in [1.82, 2.24) is 24.5 Å². The predicted octanol–water partition coefficient (Wildman–Crippen LogP) is 4.39. The number of fused-ring (bicyclic) bond motifs is 2. The zero-order valence-corrected chi connectivity index (χ0v) is 16.1. The third-order valence-electron chi connectivity index (χ3n) is 5.61. The maximum absolute atomic E-state index is 13.2. The molecule has 31 heavy (non-hydrogen) atoms. The Morgan fingerprint density at radius 3 is 2.81 bits per heavy atom. The first kappa shape index (κ1) is 19.1. The van der Waals surface area contributed by atoms with Gasteiger partial charge in [0.1, 0.15) is 29.6 Å². The maximum atomic E-state index is 13.2. The van der Waals surface area contributed by atoms with Crippen LogP contribution in [-0.2, 0) is 12.6 Å². The third-order valence-corrected chi connectivity index (χ3v) is 5.61. The number of imidazole rings is 1. The van der Waals surface area contributed by atoms with Crippen LogP contribution in [0.1, 0.15) is 41.0 Å². The van der Waals surface area contributed by atoms with E-state index in [4.69, 9.17) is 5.26 Å². The number of anilines is 1. The Morgan fingerprint density at radius 1 is 1.19 bits per heavy atom. The summed E-state index contributed by atoms with van der Waals surface area (Å²) in [4.78, 5) is 14.6.